The van der Waals surface area contributed by atoms with Gasteiger partial charge in [0.05, 0.1) is 6.61 Å². The van der Waals surface area contributed by atoms with Crippen molar-refractivity contribution in [3.63, 3.8) is 0 Å². The Bertz CT molecular complexity index is 661. The Hall–Kier alpha value is -1.54. The fourth-order valence-electron chi connectivity index (χ4n) is 3.65. The van der Waals surface area contributed by atoms with Gasteiger partial charge in [0.25, 0.3) is 0 Å². The van der Waals surface area contributed by atoms with Crippen LogP contribution in [-0.4, -0.2) is 17.8 Å². The second-order valence-corrected chi connectivity index (χ2v) is 9.90. The summed E-state index contributed by atoms with van der Waals surface area (Å²) in [6, 6.07) is 9.21. The molecule has 2 rings (SSSR count). The summed E-state index contributed by atoms with van der Waals surface area (Å²) >= 11 is 0. The van der Waals surface area contributed by atoms with Gasteiger partial charge in [0.2, 0.25) is 0 Å². The van der Waals surface area contributed by atoms with Crippen molar-refractivity contribution in [1.82, 2.24) is 0 Å². The Morgan fingerprint density at radius 3 is 2.26 bits per heavy atom. The van der Waals surface area contributed by atoms with Crippen LogP contribution in [0, 0.1) is 17.3 Å². The van der Waals surface area contributed by atoms with E-state index in [1.54, 1.807) is 0 Å². The maximum absolute atomic E-state index is 9.77. The number of rotatable bonds is 6. The zero-order chi connectivity index (χ0) is 20.2. The highest BCUT2D eigenvalue weighted by molar-refractivity contribution is 5.46. The van der Waals surface area contributed by atoms with Gasteiger partial charge in [-0.05, 0) is 54.7 Å². The van der Waals surface area contributed by atoms with Crippen LogP contribution in [0.15, 0.2) is 48.1 Å². The third-order valence-electron chi connectivity index (χ3n) is 6.14. The molecule has 0 aliphatic heterocycles. The van der Waals surface area contributed by atoms with Crippen LogP contribution in [0.1, 0.15) is 66.9 Å². The van der Waals surface area contributed by atoms with E-state index in [9.17, 15) is 5.11 Å². The highest BCUT2D eigenvalue weighted by atomic mass is 16.3. The highest BCUT2D eigenvalue weighted by Gasteiger charge is 2.27. The number of nitrogens with one attached hydrogen (secondary N) is 1. The normalized spacial score (nSPS) is 20.6. The predicted molar refractivity (Wildman–Crippen MR) is 118 cm³/mol. The van der Waals surface area contributed by atoms with Crippen molar-refractivity contribution in [1.29, 1.82) is 0 Å². The Labute approximate surface area is 166 Å². The molecule has 0 bridgehead atoms. The van der Waals surface area contributed by atoms with Gasteiger partial charge in [-0.1, -0.05) is 77.5 Å². The summed E-state index contributed by atoms with van der Waals surface area (Å²) in [5.74, 6) is 0.857. The molecule has 150 valence electrons. The van der Waals surface area contributed by atoms with E-state index in [0.717, 1.165) is 12.8 Å². The van der Waals surface area contributed by atoms with Crippen LogP contribution in [0.5, 0.6) is 0 Å². The first kappa shape index (κ1) is 21.8. The van der Waals surface area contributed by atoms with E-state index in [2.05, 4.69) is 96.3 Å². The quantitative estimate of drug-likeness (QED) is 0.574. The minimum Gasteiger partial charge on any atom is -0.395 e. The van der Waals surface area contributed by atoms with Crippen molar-refractivity contribution in [2.45, 2.75) is 72.8 Å². The lowest BCUT2D eigenvalue weighted by Crippen LogP contribution is -2.29. The summed E-state index contributed by atoms with van der Waals surface area (Å²) in [7, 11) is 0. The number of anilines is 1. The maximum atomic E-state index is 9.77. The number of benzene rings is 1. The number of aliphatic hydroxyl groups excluding tert-OH is 1. The first-order valence-corrected chi connectivity index (χ1v) is 10.4. The fraction of sp³-hybridized carbons (Fsp3) is 0.600. The standard InChI is InChI=1S/C25H39NO/c1-18(20-10-8-9-11-22(16-20)25(6,7)17-27)19(2)26-23-14-12-21(13-15-23)24(3,4)5/h8,10,12-16,18-20,26-27H,9,11,17H2,1-7H3/t18?,19-,20+/m0/s1. The van der Waals surface area contributed by atoms with Crippen molar-refractivity contribution in [3.8, 4) is 0 Å². The minimum absolute atomic E-state index is 0.135. The van der Waals surface area contributed by atoms with Crippen molar-refractivity contribution in [2.75, 3.05) is 11.9 Å². The molecule has 0 saturated carbocycles. The van der Waals surface area contributed by atoms with Gasteiger partial charge in [0.15, 0.2) is 0 Å². The van der Waals surface area contributed by atoms with Gasteiger partial charge in [-0.25, -0.2) is 0 Å². The molecule has 0 spiro atoms. The summed E-state index contributed by atoms with van der Waals surface area (Å²) in [6.07, 6.45) is 9.18. The monoisotopic (exact) mass is 369 g/mol. The summed E-state index contributed by atoms with van der Waals surface area (Å²) in [6.45, 7) is 15.8. The molecule has 2 heteroatoms. The third-order valence-corrected chi connectivity index (χ3v) is 6.14. The molecule has 3 atom stereocenters. The minimum atomic E-state index is -0.135. The average Bonchev–Trinajstić information content (AvgIpc) is 2.87. The van der Waals surface area contributed by atoms with E-state index in [1.807, 2.05) is 0 Å². The van der Waals surface area contributed by atoms with Gasteiger partial charge in [-0.3, -0.25) is 0 Å². The van der Waals surface area contributed by atoms with Crippen molar-refractivity contribution in [2.24, 2.45) is 17.3 Å². The maximum Gasteiger partial charge on any atom is 0.0519 e. The first-order valence-electron chi connectivity index (χ1n) is 10.4. The topological polar surface area (TPSA) is 32.3 Å². The number of aliphatic hydroxyl groups is 1. The van der Waals surface area contributed by atoms with Crippen molar-refractivity contribution < 1.29 is 5.11 Å². The van der Waals surface area contributed by atoms with E-state index >= 15 is 0 Å². The zero-order valence-electron chi connectivity index (χ0n) is 18.3. The summed E-state index contributed by atoms with van der Waals surface area (Å²) < 4.78 is 0. The summed E-state index contributed by atoms with van der Waals surface area (Å²) in [5.41, 5.74) is 3.97. The van der Waals surface area contributed by atoms with Crippen LogP contribution in [0.25, 0.3) is 0 Å². The molecule has 2 N–H and O–H groups in total. The number of hydrogen-bond donors (Lipinski definition) is 2. The molecule has 0 fully saturated rings. The van der Waals surface area contributed by atoms with Crippen molar-refractivity contribution >= 4 is 5.69 Å². The molecular weight excluding hydrogens is 330 g/mol. The molecule has 0 amide bonds. The molecule has 0 radical (unpaired) electrons. The molecule has 0 heterocycles. The van der Waals surface area contributed by atoms with Gasteiger partial charge in [-0.15, -0.1) is 0 Å². The second kappa shape index (κ2) is 8.65. The van der Waals surface area contributed by atoms with Crippen LogP contribution < -0.4 is 5.32 Å². The van der Waals surface area contributed by atoms with Gasteiger partial charge < -0.3 is 10.4 Å². The third kappa shape index (κ3) is 5.72. The van der Waals surface area contributed by atoms with Gasteiger partial charge in [0, 0.05) is 17.1 Å². The molecule has 0 saturated heterocycles. The number of hydrogen-bond acceptors (Lipinski definition) is 2. The Morgan fingerprint density at radius 2 is 1.70 bits per heavy atom. The van der Waals surface area contributed by atoms with E-state index in [4.69, 9.17) is 0 Å². The second-order valence-electron chi connectivity index (χ2n) is 9.90. The smallest absolute Gasteiger partial charge is 0.0519 e. The lowest BCUT2D eigenvalue weighted by molar-refractivity contribution is 0.186. The molecule has 1 aliphatic rings. The van der Waals surface area contributed by atoms with Crippen LogP contribution in [0.2, 0.25) is 0 Å². The largest absolute Gasteiger partial charge is 0.395 e. The predicted octanol–water partition coefficient (Wildman–Crippen LogP) is 6.33. The van der Waals surface area contributed by atoms with Gasteiger partial charge in [0.1, 0.15) is 0 Å². The molecule has 1 unspecified atom stereocenters. The van der Waals surface area contributed by atoms with Crippen LogP contribution in [-0.2, 0) is 5.41 Å². The van der Waals surface area contributed by atoms with Gasteiger partial charge in [-0.2, -0.15) is 0 Å². The van der Waals surface area contributed by atoms with Gasteiger partial charge >= 0.3 is 0 Å². The molecule has 0 aromatic heterocycles. The molecule has 2 nitrogen and oxygen atoms in total. The summed E-state index contributed by atoms with van der Waals surface area (Å²) in [5, 5.41) is 13.5. The van der Waals surface area contributed by atoms with E-state index in [1.165, 1.54) is 16.8 Å². The van der Waals surface area contributed by atoms with Crippen LogP contribution in [0.4, 0.5) is 5.69 Å². The first-order chi connectivity index (χ1) is 12.5. The fourth-order valence-corrected chi connectivity index (χ4v) is 3.65. The molecule has 1 aromatic carbocycles. The molecular formula is C25H39NO. The lowest BCUT2D eigenvalue weighted by Gasteiger charge is -2.30. The van der Waals surface area contributed by atoms with Crippen molar-refractivity contribution in [3.05, 3.63) is 53.6 Å². The van der Waals surface area contributed by atoms with Crippen LogP contribution >= 0.6 is 0 Å². The Morgan fingerprint density at radius 1 is 1.07 bits per heavy atom. The Kier molecular flexibility index (Phi) is 6.97. The molecule has 27 heavy (non-hydrogen) atoms. The van der Waals surface area contributed by atoms with E-state index in [0.29, 0.717) is 17.9 Å². The van der Waals surface area contributed by atoms with Crippen LogP contribution in [0.3, 0.4) is 0 Å². The molecule has 1 aromatic rings. The van der Waals surface area contributed by atoms with E-state index < -0.39 is 0 Å². The highest BCUT2D eigenvalue weighted by Crippen LogP contribution is 2.35. The lowest BCUT2D eigenvalue weighted by atomic mass is 9.79. The van der Waals surface area contributed by atoms with E-state index in [-0.39, 0.29) is 17.4 Å². The average molecular weight is 370 g/mol. The summed E-state index contributed by atoms with van der Waals surface area (Å²) in [4.78, 5) is 0. The SMILES string of the molecule is CC([C@@H]1C=CCCC(C(C)(C)CO)=C1)[C@H](C)Nc1ccc(C(C)(C)C)cc1. The molecule has 1 aliphatic carbocycles. The Balaban J connectivity index is 2.11. The zero-order valence-corrected chi connectivity index (χ0v) is 18.3. The number of allylic oxidation sites excluding steroid dienone is 3.